The summed E-state index contributed by atoms with van der Waals surface area (Å²) >= 11 is 0. The Balaban J connectivity index is 0.000000206. The molecule has 2 heterocycles. The van der Waals surface area contributed by atoms with Crippen molar-refractivity contribution in [1.82, 2.24) is 9.97 Å². The number of hydrogen-bond donors (Lipinski definition) is 2. The number of alkyl halides is 3. The normalized spacial score (nSPS) is 17.8. The molecule has 6 rings (SSSR count). The molecule has 4 aromatic rings. The van der Waals surface area contributed by atoms with Gasteiger partial charge < -0.3 is 10.2 Å². The minimum Gasteiger partial charge on any atom is -0.481 e. The second-order valence-electron chi connectivity index (χ2n) is 12.7. The first-order valence-corrected chi connectivity index (χ1v) is 19.7. The molecule has 2 unspecified atom stereocenters. The van der Waals surface area contributed by atoms with Crippen LogP contribution in [0.25, 0.3) is 22.3 Å². The molecule has 0 amide bonds. The molecule has 53 heavy (non-hydrogen) atoms. The van der Waals surface area contributed by atoms with Crippen molar-refractivity contribution in [2.75, 3.05) is 12.5 Å². The van der Waals surface area contributed by atoms with E-state index in [-0.39, 0.29) is 28.3 Å². The Labute approximate surface area is 302 Å². The molecule has 2 aliphatic carbocycles. The summed E-state index contributed by atoms with van der Waals surface area (Å²) in [7, 11) is -6.68. The van der Waals surface area contributed by atoms with E-state index >= 15 is 0 Å². The number of aromatic nitrogens is 2. The van der Waals surface area contributed by atoms with Crippen LogP contribution in [0.2, 0.25) is 0 Å². The molecule has 16 heteroatoms. The summed E-state index contributed by atoms with van der Waals surface area (Å²) in [6.45, 7) is 0. The fourth-order valence-electron chi connectivity index (χ4n) is 6.18. The zero-order chi connectivity index (χ0) is 38.9. The van der Waals surface area contributed by atoms with Crippen LogP contribution in [0.4, 0.5) is 17.6 Å². The zero-order valence-electron chi connectivity index (χ0n) is 28.1. The number of allylic oxidation sites excluding steroid dienone is 4. The van der Waals surface area contributed by atoms with E-state index in [0.717, 1.165) is 47.7 Å². The molecular formula is C37H32F4N2O8S2. The van der Waals surface area contributed by atoms with Crippen LogP contribution in [0.5, 0.6) is 0 Å². The molecule has 2 atom stereocenters. The highest BCUT2D eigenvalue weighted by atomic mass is 32.2. The van der Waals surface area contributed by atoms with Crippen LogP contribution in [0.3, 0.4) is 0 Å². The Morgan fingerprint density at radius 2 is 0.981 bits per heavy atom. The van der Waals surface area contributed by atoms with Gasteiger partial charge in [-0.3, -0.25) is 19.6 Å². The second kappa shape index (κ2) is 15.0. The number of hydrogen-bond acceptors (Lipinski definition) is 8. The van der Waals surface area contributed by atoms with Crippen molar-refractivity contribution < 1.29 is 54.2 Å². The average Bonchev–Trinajstić information content (AvgIpc) is 3.75. The SMILES string of the molecule is CS(=O)(=O)c1ccc(C2=C(c3ccc(C(F)(F)F)cn3)CC(C(=O)O)C2)cc1.CS(=O)(=O)c1ccc(C2=C(c3ccc(F)cn3)CC(C(=O)O)C2)cc1. The van der Waals surface area contributed by atoms with E-state index in [9.17, 15) is 54.2 Å². The van der Waals surface area contributed by atoms with Gasteiger partial charge in [-0.05, 0) is 108 Å². The molecule has 0 saturated heterocycles. The van der Waals surface area contributed by atoms with Gasteiger partial charge in [0.2, 0.25) is 0 Å². The molecule has 0 bridgehead atoms. The molecule has 2 aromatic heterocycles. The van der Waals surface area contributed by atoms with Crippen LogP contribution < -0.4 is 0 Å². The summed E-state index contributed by atoms with van der Waals surface area (Å²) in [6.07, 6.45) is 0.465. The van der Waals surface area contributed by atoms with Crippen molar-refractivity contribution in [3.8, 4) is 0 Å². The molecule has 10 nitrogen and oxygen atoms in total. The fourth-order valence-corrected chi connectivity index (χ4v) is 7.44. The zero-order valence-corrected chi connectivity index (χ0v) is 29.8. The Morgan fingerprint density at radius 3 is 1.28 bits per heavy atom. The van der Waals surface area contributed by atoms with Gasteiger partial charge in [0.05, 0.1) is 44.8 Å². The third-order valence-corrected chi connectivity index (χ3v) is 11.2. The number of nitrogens with zero attached hydrogens (tertiary/aromatic N) is 2. The number of rotatable bonds is 8. The third-order valence-electron chi connectivity index (χ3n) is 8.93. The fraction of sp³-hybridized carbons (Fsp3) is 0.243. The first kappa shape index (κ1) is 39.0. The summed E-state index contributed by atoms with van der Waals surface area (Å²) in [4.78, 5) is 31.1. The smallest absolute Gasteiger partial charge is 0.417 e. The van der Waals surface area contributed by atoms with E-state index in [2.05, 4.69) is 9.97 Å². The van der Waals surface area contributed by atoms with Gasteiger partial charge in [0, 0.05) is 18.7 Å². The molecule has 0 spiro atoms. The topological polar surface area (TPSA) is 169 Å². The lowest BCUT2D eigenvalue weighted by molar-refractivity contribution is -0.142. The predicted molar refractivity (Wildman–Crippen MR) is 187 cm³/mol. The second-order valence-corrected chi connectivity index (χ2v) is 16.7. The average molecular weight is 773 g/mol. The van der Waals surface area contributed by atoms with Crippen LogP contribution in [-0.4, -0.2) is 61.5 Å². The predicted octanol–water partition coefficient (Wildman–Crippen LogP) is 6.94. The number of carbonyl (C=O) groups is 2. The summed E-state index contributed by atoms with van der Waals surface area (Å²) in [5.74, 6) is -3.67. The molecule has 2 N–H and O–H groups in total. The van der Waals surface area contributed by atoms with Gasteiger partial charge in [0.1, 0.15) is 5.82 Å². The quantitative estimate of drug-likeness (QED) is 0.179. The highest BCUT2D eigenvalue weighted by Crippen LogP contribution is 2.44. The standard InChI is InChI=1S/C19H16F3NO4S.C18H16FNO4S/c1-28(26,27)14-5-2-11(3-6-14)15-8-12(18(24)25)9-16(15)17-7-4-13(10-23-17)19(20,21)22;1-25(23,24)14-5-2-11(3-6-14)15-8-12(18(21)22)9-16(15)17-7-4-13(19)10-20-17/h2-7,10,12H,8-9H2,1H3,(H,24,25);2-7,10,12H,8-9H2,1H3,(H,21,22). The van der Waals surface area contributed by atoms with Crippen LogP contribution >= 0.6 is 0 Å². The molecule has 2 aliphatic rings. The Bertz CT molecular complexity index is 2320. The number of halogens is 4. The number of benzene rings is 2. The van der Waals surface area contributed by atoms with E-state index in [1.165, 1.54) is 42.5 Å². The molecule has 0 aliphatic heterocycles. The lowest BCUT2D eigenvalue weighted by Crippen LogP contribution is -2.10. The Morgan fingerprint density at radius 1 is 0.604 bits per heavy atom. The Hall–Kier alpha value is -5.22. The van der Waals surface area contributed by atoms with Crippen molar-refractivity contribution in [2.24, 2.45) is 11.8 Å². The van der Waals surface area contributed by atoms with Gasteiger partial charge in [-0.1, -0.05) is 24.3 Å². The number of carboxylic acid groups (broad SMARTS) is 2. The van der Waals surface area contributed by atoms with Crippen LogP contribution in [0.15, 0.2) is 95.0 Å². The third kappa shape index (κ3) is 9.24. The number of aliphatic carboxylic acids is 2. The van der Waals surface area contributed by atoms with Gasteiger partial charge >= 0.3 is 18.1 Å². The molecule has 0 radical (unpaired) electrons. The van der Waals surface area contributed by atoms with Gasteiger partial charge in [-0.25, -0.2) is 21.2 Å². The van der Waals surface area contributed by atoms with Gasteiger partial charge in [-0.2, -0.15) is 13.2 Å². The van der Waals surface area contributed by atoms with Crippen LogP contribution in [-0.2, 0) is 35.4 Å². The highest BCUT2D eigenvalue weighted by molar-refractivity contribution is 7.91. The van der Waals surface area contributed by atoms with Crippen LogP contribution in [0, 0.1) is 17.7 Å². The van der Waals surface area contributed by atoms with Crippen molar-refractivity contribution in [3.63, 3.8) is 0 Å². The van der Waals surface area contributed by atoms with Crippen molar-refractivity contribution in [1.29, 1.82) is 0 Å². The summed E-state index contributed by atoms with van der Waals surface area (Å²) in [6, 6.07) is 17.3. The molecule has 2 aromatic carbocycles. The van der Waals surface area contributed by atoms with E-state index in [1.54, 1.807) is 24.3 Å². The van der Waals surface area contributed by atoms with Crippen molar-refractivity contribution in [2.45, 2.75) is 41.7 Å². The van der Waals surface area contributed by atoms with E-state index in [1.807, 2.05) is 0 Å². The van der Waals surface area contributed by atoms with Crippen molar-refractivity contribution in [3.05, 3.63) is 119 Å². The maximum Gasteiger partial charge on any atom is 0.417 e. The summed E-state index contributed by atoms with van der Waals surface area (Å²) in [5, 5.41) is 18.7. The molecular weight excluding hydrogens is 741 g/mol. The van der Waals surface area contributed by atoms with Gasteiger partial charge in [0.25, 0.3) is 0 Å². The Kier molecular flexibility index (Phi) is 11.1. The van der Waals surface area contributed by atoms with Gasteiger partial charge in [-0.15, -0.1) is 0 Å². The van der Waals surface area contributed by atoms with Gasteiger partial charge in [0.15, 0.2) is 19.7 Å². The van der Waals surface area contributed by atoms with E-state index in [0.29, 0.717) is 35.2 Å². The monoisotopic (exact) mass is 772 g/mol. The molecule has 278 valence electrons. The molecule has 0 saturated carbocycles. The van der Waals surface area contributed by atoms with Crippen molar-refractivity contribution >= 4 is 53.9 Å². The molecule has 0 fully saturated rings. The lowest BCUT2D eigenvalue weighted by atomic mass is 9.99. The van der Waals surface area contributed by atoms with Crippen LogP contribution in [0.1, 0.15) is 53.8 Å². The summed E-state index contributed by atoms with van der Waals surface area (Å²) in [5.41, 5.74) is 4.03. The first-order chi connectivity index (χ1) is 24.7. The minimum absolute atomic E-state index is 0.124. The highest BCUT2D eigenvalue weighted by Gasteiger charge is 2.34. The largest absolute Gasteiger partial charge is 0.481 e. The minimum atomic E-state index is -4.51. The van der Waals surface area contributed by atoms with E-state index in [4.69, 9.17) is 0 Å². The first-order valence-electron chi connectivity index (χ1n) is 15.9. The maximum atomic E-state index is 13.1. The van der Waals surface area contributed by atoms with E-state index < -0.39 is 61.0 Å². The number of carboxylic acids is 2. The summed E-state index contributed by atoms with van der Waals surface area (Å²) < 4.78 is 97.8. The maximum absolute atomic E-state index is 13.1. The lowest BCUT2D eigenvalue weighted by Gasteiger charge is -2.10. The number of sulfone groups is 2. The number of pyridine rings is 2.